The van der Waals surface area contributed by atoms with Gasteiger partial charge in [0.15, 0.2) is 0 Å². The lowest BCUT2D eigenvalue weighted by molar-refractivity contribution is -0.105. The molecule has 4 aromatic rings. The van der Waals surface area contributed by atoms with Gasteiger partial charge in [-0.05, 0) is 60.9 Å². The maximum atomic E-state index is 11.9. The highest BCUT2D eigenvalue weighted by Crippen LogP contribution is 2.23. The molecule has 35 heavy (non-hydrogen) atoms. The van der Waals surface area contributed by atoms with Crippen LogP contribution in [0.25, 0.3) is 0 Å². The van der Waals surface area contributed by atoms with Gasteiger partial charge in [0.25, 0.3) is 5.91 Å². The van der Waals surface area contributed by atoms with Crippen molar-refractivity contribution in [2.75, 3.05) is 5.32 Å². The fourth-order valence-corrected chi connectivity index (χ4v) is 4.13. The molecule has 0 bridgehead atoms. The second-order valence-corrected chi connectivity index (χ2v) is 8.92. The highest BCUT2D eigenvalue weighted by molar-refractivity contribution is 7.98. The highest BCUT2D eigenvalue weighted by Gasteiger charge is 2.09. The first kappa shape index (κ1) is 25.7. The summed E-state index contributed by atoms with van der Waals surface area (Å²) in [5.41, 5.74) is 3.95. The van der Waals surface area contributed by atoms with Crippen LogP contribution in [-0.2, 0) is 17.0 Å². The molecule has 1 aromatic heterocycles. The average Bonchev–Trinajstić information content (AvgIpc) is 2.90. The van der Waals surface area contributed by atoms with E-state index in [1.165, 1.54) is 16.0 Å². The van der Waals surface area contributed by atoms with Crippen molar-refractivity contribution in [3.63, 3.8) is 0 Å². The normalized spacial score (nSPS) is 10.9. The van der Waals surface area contributed by atoms with E-state index in [1.54, 1.807) is 36.3 Å². The third-order valence-electron chi connectivity index (χ3n) is 5.01. The molecule has 0 saturated heterocycles. The zero-order chi connectivity index (χ0) is 24.7. The van der Waals surface area contributed by atoms with Crippen LogP contribution >= 0.6 is 11.8 Å². The number of hydrogen-bond acceptors (Lipinski definition) is 4. The Labute approximate surface area is 211 Å². The van der Waals surface area contributed by atoms with Crippen molar-refractivity contribution in [1.82, 2.24) is 10.3 Å². The maximum Gasteiger partial charge on any atom is 0.253 e. The predicted octanol–water partition coefficient (Wildman–Crippen LogP) is 5.99. The molecule has 0 spiro atoms. The van der Waals surface area contributed by atoms with Crippen LogP contribution in [0, 0.1) is 0 Å². The second-order valence-electron chi connectivity index (χ2n) is 7.87. The monoisotopic (exact) mass is 483 g/mol. The van der Waals surface area contributed by atoms with E-state index in [4.69, 9.17) is 0 Å². The topological polar surface area (TPSA) is 71.1 Å². The van der Waals surface area contributed by atoms with Gasteiger partial charge in [-0.1, -0.05) is 60.7 Å². The summed E-state index contributed by atoms with van der Waals surface area (Å²) in [5, 5.41) is 5.58. The van der Waals surface area contributed by atoms with E-state index < -0.39 is 0 Å². The van der Waals surface area contributed by atoms with E-state index in [1.807, 2.05) is 67.6 Å². The minimum Gasteiger partial charge on any atom is -0.349 e. The summed E-state index contributed by atoms with van der Waals surface area (Å²) in [4.78, 5) is 27.3. The number of carbonyl (C=O) groups is 2. The van der Waals surface area contributed by atoms with Crippen LogP contribution < -0.4 is 10.6 Å². The number of nitrogens with zero attached hydrogens (tertiary/aromatic N) is 1. The summed E-state index contributed by atoms with van der Waals surface area (Å²) < 4.78 is 0. The molecule has 5 nitrogen and oxygen atoms in total. The van der Waals surface area contributed by atoms with Gasteiger partial charge in [0.1, 0.15) is 0 Å². The van der Waals surface area contributed by atoms with Crippen molar-refractivity contribution in [2.45, 2.75) is 30.0 Å². The number of anilines is 1. The van der Waals surface area contributed by atoms with E-state index in [2.05, 4.69) is 39.9 Å². The number of nitrogens with one attached hydrogen (secondary N) is 2. The van der Waals surface area contributed by atoms with Gasteiger partial charge in [-0.25, -0.2) is 0 Å². The van der Waals surface area contributed by atoms with Crippen molar-refractivity contribution >= 4 is 29.8 Å². The first-order valence-electron chi connectivity index (χ1n) is 11.4. The molecule has 2 N–H and O–H groups in total. The number of amides is 2. The molecule has 0 aliphatic rings. The summed E-state index contributed by atoms with van der Waals surface area (Å²) >= 11 is 1.78. The van der Waals surface area contributed by atoms with Gasteiger partial charge in [-0.15, -0.1) is 11.8 Å². The molecule has 178 valence electrons. The number of hydrogen-bond donors (Lipinski definition) is 2. The molecule has 4 rings (SSSR count). The Hall–Kier alpha value is -3.90. The summed E-state index contributed by atoms with van der Waals surface area (Å²) in [6.45, 7) is 2.00. The van der Waals surface area contributed by atoms with Crippen molar-refractivity contribution in [3.05, 3.63) is 126 Å². The van der Waals surface area contributed by atoms with Crippen molar-refractivity contribution in [1.29, 1.82) is 0 Å². The molecule has 0 radical (unpaired) electrons. The number of thioether (sulfide) groups is 1. The smallest absolute Gasteiger partial charge is 0.253 e. The molecule has 0 saturated carbocycles. The predicted molar refractivity (Wildman–Crippen MR) is 143 cm³/mol. The maximum absolute atomic E-state index is 11.9. The van der Waals surface area contributed by atoms with Crippen molar-refractivity contribution in [2.24, 2.45) is 0 Å². The number of carbonyl (C=O) groups excluding carboxylic acids is 2. The molecule has 0 aliphatic heterocycles. The lowest BCUT2D eigenvalue weighted by atomic mass is 10.1. The number of benzene rings is 3. The van der Waals surface area contributed by atoms with E-state index in [9.17, 15) is 9.59 Å². The van der Waals surface area contributed by atoms with E-state index in [-0.39, 0.29) is 11.9 Å². The van der Waals surface area contributed by atoms with Crippen LogP contribution in [0.1, 0.15) is 28.4 Å². The van der Waals surface area contributed by atoms with Gasteiger partial charge >= 0.3 is 0 Å². The Kier molecular flexibility index (Phi) is 10.6. The minimum atomic E-state index is -0.0773. The molecule has 1 unspecified atom stereocenters. The van der Waals surface area contributed by atoms with Gasteiger partial charge in [0.05, 0.1) is 5.56 Å². The molecule has 0 fully saturated rings. The zero-order valence-electron chi connectivity index (χ0n) is 19.6. The molecular formula is C29H29N3O2S. The molecule has 2 amide bonds. The fraction of sp³-hybridized carbons (Fsp3) is 0.138. The van der Waals surface area contributed by atoms with Crippen LogP contribution in [0.5, 0.6) is 0 Å². The Morgan fingerprint density at radius 2 is 1.54 bits per heavy atom. The molecule has 0 aliphatic carbocycles. The number of aromatic nitrogens is 1. The number of rotatable bonds is 9. The molecular weight excluding hydrogens is 454 g/mol. The van der Waals surface area contributed by atoms with Gasteiger partial charge in [-0.3, -0.25) is 14.6 Å². The quantitative estimate of drug-likeness (QED) is 0.227. The SMILES string of the molecule is CC(Cc1ccccc1)NC(=O)c1cccnc1.O=CNc1ccc(SCc2ccccc2)cc1. The van der Waals surface area contributed by atoms with Crippen LogP contribution in [0.15, 0.2) is 114 Å². The first-order chi connectivity index (χ1) is 17.1. The Bertz CT molecular complexity index is 1150. The Morgan fingerprint density at radius 1 is 0.886 bits per heavy atom. The fourth-order valence-electron chi connectivity index (χ4n) is 3.28. The summed E-state index contributed by atoms with van der Waals surface area (Å²) in [5.74, 6) is 0.882. The van der Waals surface area contributed by atoms with E-state index in [0.29, 0.717) is 12.0 Å². The van der Waals surface area contributed by atoms with Gasteiger partial charge in [0, 0.05) is 34.8 Å². The highest BCUT2D eigenvalue weighted by atomic mass is 32.2. The lowest BCUT2D eigenvalue weighted by Gasteiger charge is -2.13. The summed E-state index contributed by atoms with van der Waals surface area (Å²) in [7, 11) is 0. The van der Waals surface area contributed by atoms with Gasteiger partial charge < -0.3 is 10.6 Å². The van der Waals surface area contributed by atoms with Crippen molar-refractivity contribution < 1.29 is 9.59 Å². The summed E-state index contributed by atoms with van der Waals surface area (Å²) in [6.07, 6.45) is 4.74. The Morgan fingerprint density at radius 3 is 2.14 bits per heavy atom. The average molecular weight is 484 g/mol. The van der Waals surface area contributed by atoms with Gasteiger partial charge in [-0.2, -0.15) is 0 Å². The van der Waals surface area contributed by atoms with Gasteiger partial charge in [0.2, 0.25) is 6.41 Å². The standard InChI is InChI=1S/C15H16N2O.C14H13NOS/c1-12(10-13-6-3-2-4-7-13)17-15(18)14-8-5-9-16-11-14;16-11-15-13-6-8-14(9-7-13)17-10-12-4-2-1-3-5-12/h2-9,11-12H,10H2,1H3,(H,17,18);1-9,11H,10H2,(H,15,16). The summed E-state index contributed by atoms with van der Waals surface area (Å²) in [6, 6.07) is 31.9. The Balaban J connectivity index is 0.000000196. The minimum absolute atomic E-state index is 0.0773. The van der Waals surface area contributed by atoms with Crippen LogP contribution in [-0.4, -0.2) is 23.3 Å². The molecule has 3 aromatic carbocycles. The van der Waals surface area contributed by atoms with Crippen LogP contribution in [0.4, 0.5) is 5.69 Å². The third-order valence-corrected chi connectivity index (χ3v) is 6.10. The molecule has 1 heterocycles. The largest absolute Gasteiger partial charge is 0.349 e. The molecule has 6 heteroatoms. The number of pyridine rings is 1. The lowest BCUT2D eigenvalue weighted by Crippen LogP contribution is -2.34. The van der Waals surface area contributed by atoms with E-state index >= 15 is 0 Å². The van der Waals surface area contributed by atoms with Crippen molar-refractivity contribution in [3.8, 4) is 0 Å². The molecule has 1 atom stereocenters. The second kappa shape index (κ2) is 14.4. The van der Waals surface area contributed by atoms with E-state index in [0.717, 1.165) is 17.9 Å². The first-order valence-corrected chi connectivity index (χ1v) is 12.3. The van der Waals surface area contributed by atoms with Crippen LogP contribution in [0.3, 0.4) is 0 Å². The third kappa shape index (κ3) is 9.47. The zero-order valence-corrected chi connectivity index (χ0v) is 20.4. The van der Waals surface area contributed by atoms with Crippen LogP contribution in [0.2, 0.25) is 0 Å².